The van der Waals surface area contributed by atoms with Gasteiger partial charge in [0.1, 0.15) is 0 Å². The topological polar surface area (TPSA) is 101 Å². The van der Waals surface area contributed by atoms with E-state index >= 15 is 0 Å². The van der Waals surface area contributed by atoms with E-state index in [0.29, 0.717) is 12.0 Å². The smallest absolute Gasteiger partial charge is 0.341 e. The number of ether oxygens (including phenoxy) is 1. The van der Waals surface area contributed by atoms with Crippen molar-refractivity contribution in [2.24, 2.45) is 0 Å². The van der Waals surface area contributed by atoms with Crippen molar-refractivity contribution in [2.45, 2.75) is 13.3 Å². The summed E-state index contributed by atoms with van der Waals surface area (Å²) in [6.45, 7) is 0.961. The second kappa shape index (κ2) is 5.81. The molecule has 0 bridgehead atoms. The monoisotopic (exact) mass is 252 g/mol. The predicted molar refractivity (Wildman–Crippen MR) is 60.7 cm³/mol. The minimum atomic E-state index is -1.30. The lowest BCUT2D eigenvalue weighted by Gasteiger charge is -2.09. The van der Waals surface area contributed by atoms with Crippen molar-refractivity contribution in [1.29, 1.82) is 0 Å². The Morgan fingerprint density at radius 2 is 1.89 bits per heavy atom. The second-order valence-corrected chi connectivity index (χ2v) is 3.47. The number of rotatable bonds is 5. The normalized spacial score (nSPS) is 9.83. The molecule has 1 rings (SSSR count). The Morgan fingerprint density at radius 1 is 1.22 bits per heavy atom. The average Bonchev–Trinajstić information content (AvgIpc) is 2.34. The third-order valence-electron chi connectivity index (χ3n) is 2.29. The Hall–Kier alpha value is -2.37. The molecule has 6 nitrogen and oxygen atoms in total. The summed E-state index contributed by atoms with van der Waals surface area (Å²) < 4.78 is 4.48. The van der Waals surface area contributed by atoms with Gasteiger partial charge in [-0.1, -0.05) is 19.1 Å². The van der Waals surface area contributed by atoms with E-state index in [1.807, 2.05) is 0 Å². The highest BCUT2D eigenvalue weighted by Gasteiger charge is 2.21. The number of hydrogen-bond donors (Lipinski definition) is 2. The van der Waals surface area contributed by atoms with Gasteiger partial charge >= 0.3 is 17.9 Å². The lowest BCUT2D eigenvalue weighted by Crippen LogP contribution is -2.17. The molecule has 0 saturated carbocycles. The summed E-state index contributed by atoms with van der Waals surface area (Å²) in [7, 11) is 0. The Morgan fingerprint density at radius 3 is 2.39 bits per heavy atom. The van der Waals surface area contributed by atoms with Gasteiger partial charge in [-0.25, -0.2) is 14.4 Å². The molecule has 18 heavy (non-hydrogen) atoms. The number of aliphatic carboxylic acids is 1. The minimum absolute atomic E-state index is 0.136. The molecule has 0 heterocycles. The Labute approximate surface area is 103 Å². The van der Waals surface area contributed by atoms with Crippen LogP contribution in [0.1, 0.15) is 33.2 Å². The van der Waals surface area contributed by atoms with E-state index in [4.69, 9.17) is 10.2 Å². The van der Waals surface area contributed by atoms with Crippen LogP contribution >= 0.6 is 0 Å². The fourth-order valence-electron chi connectivity index (χ4n) is 1.52. The van der Waals surface area contributed by atoms with Crippen LogP contribution in [-0.2, 0) is 16.0 Å². The van der Waals surface area contributed by atoms with Crippen LogP contribution in [0, 0.1) is 0 Å². The first-order valence-electron chi connectivity index (χ1n) is 5.21. The summed E-state index contributed by atoms with van der Waals surface area (Å²) in [4.78, 5) is 33.0. The lowest BCUT2D eigenvalue weighted by molar-refractivity contribution is -0.140. The van der Waals surface area contributed by atoms with Gasteiger partial charge in [-0.15, -0.1) is 0 Å². The molecular weight excluding hydrogens is 240 g/mol. The number of carbonyl (C=O) groups excluding carboxylic acids is 1. The van der Waals surface area contributed by atoms with E-state index in [9.17, 15) is 14.4 Å². The molecule has 0 fully saturated rings. The molecule has 0 aliphatic heterocycles. The standard InChI is InChI=1S/C12H12O6/c1-2-7-4-3-5-8(10(7)11(15)16)12(17)18-6-9(13)14/h3-5H,2,6H2,1H3,(H,13,14)(H,15,16). The maximum atomic E-state index is 11.6. The van der Waals surface area contributed by atoms with Crippen LogP contribution in [0.4, 0.5) is 0 Å². The maximum absolute atomic E-state index is 11.6. The number of hydrogen-bond acceptors (Lipinski definition) is 4. The van der Waals surface area contributed by atoms with Crippen LogP contribution in [0.2, 0.25) is 0 Å². The van der Waals surface area contributed by atoms with Gasteiger partial charge in [0.25, 0.3) is 0 Å². The first-order chi connectivity index (χ1) is 8.47. The first kappa shape index (κ1) is 13.7. The summed E-state index contributed by atoms with van der Waals surface area (Å²) in [5.74, 6) is -3.49. The highest BCUT2D eigenvalue weighted by molar-refractivity contribution is 6.03. The van der Waals surface area contributed by atoms with Crippen molar-refractivity contribution in [3.63, 3.8) is 0 Å². The third kappa shape index (κ3) is 3.07. The first-order valence-corrected chi connectivity index (χ1v) is 5.21. The van der Waals surface area contributed by atoms with Crippen molar-refractivity contribution < 1.29 is 29.3 Å². The number of carboxylic acids is 2. The van der Waals surface area contributed by atoms with E-state index < -0.39 is 24.5 Å². The fraction of sp³-hybridized carbons (Fsp3) is 0.250. The van der Waals surface area contributed by atoms with Crippen LogP contribution in [0.3, 0.4) is 0 Å². The van der Waals surface area contributed by atoms with E-state index in [2.05, 4.69) is 4.74 Å². The average molecular weight is 252 g/mol. The van der Waals surface area contributed by atoms with Crippen molar-refractivity contribution in [3.8, 4) is 0 Å². The van der Waals surface area contributed by atoms with Gasteiger partial charge in [0.05, 0.1) is 11.1 Å². The molecule has 0 aliphatic rings. The Kier molecular flexibility index (Phi) is 4.42. The highest BCUT2D eigenvalue weighted by Crippen LogP contribution is 2.17. The van der Waals surface area contributed by atoms with Crippen LogP contribution < -0.4 is 0 Å². The molecule has 0 aromatic heterocycles. The van der Waals surface area contributed by atoms with E-state index in [1.165, 1.54) is 12.1 Å². The number of carboxylic acid groups (broad SMARTS) is 2. The van der Waals surface area contributed by atoms with Crippen LogP contribution in [0.25, 0.3) is 0 Å². The number of aryl methyl sites for hydroxylation is 1. The fourth-order valence-corrected chi connectivity index (χ4v) is 1.52. The zero-order valence-corrected chi connectivity index (χ0v) is 9.67. The Bertz CT molecular complexity index is 491. The van der Waals surface area contributed by atoms with E-state index in [-0.39, 0.29) is 11.1 Å². The maximum Gasteiger partial charge on any atom is 0.341 e. The Balaban J connectivity index is 3.11. The van der Waals surface area contributed by atoms with Crippen LogP contribution in [0.15, 0.2) is 18.2 Å². The highest BCUT2D eigenvalue weighted by atomic mass is 16.5. The molecule has 1 aromatic carbocycles. The zero-order chi connectivity index (χ0) is 13.7. The van der Waals surface area contributed by atoms with E-state index in [0.717, 1.165) is 0 Å². The van der Waals surface area contributed by atoms with E-state index in [1.54, 1.807) is 13.0 Å². The van der Waals surface area contributed by atoms with Gasteiger partial charge in [0, 0.05) is 0 Å². The predicted octanol–water partition coefficient (Wildman–Crippen LogP) is 1.19. The molecule has 0 aliphatic carbocycles. The van der Waals surface area contributed by atoms with Gasteiger partial charge in [-0.2, -0.15) is 0 Å². The van der Waals surface area contributed by atoms with Gasteiger partial charge in [0.2, 0.25) is 0 Å². The second-order valence-electron chi connectivity index (χ2n) is 3.47. The van der Waals surface area contributed by atoms with Gasteiger partial charge < -0.3 is 14.9 Å². The molecule has 0 atom stereocenters. The minimum Gasteiger partial charge on any atom is -0.479 e. The summed E-state index contributed by atoms with van der Waals surface area (Å²) in [6.07, 6.45) is 0.446. The van der Waals surface area contributed by atoms with Gasteiger partial charge in [-0.3, -0.25) is 0 Å². The van der Waals surface area contributed by atoms with Crippen molar-refractivity contribution in [1.82, 2.24) is 0 Å². The SMILES string of the molecule is CCc1cccc(C(=O)OCC(=O)O)c1C(=O)O. The molecular formula is C12H12O6. The molecule has 0 saturated heterocycles. The molecule has 0 unspecified atom stereocenters. The van der Waals surface area contributed by atoms with Crippen LogP contribution in [0.5, 0.6) is 0 Å². The summed E-state index contributed by atoms with van der Waals surface area (Å²) in [5.41, 5.74) is 0.214. The third-order valence-corrected chi connectivity index (χ3v) is 2.29. The van der Waals surface area contributed by atoms with Crippen molar-refractivity contribution in [2.75, 3.05) is 6.61 Å². The van der Waals surface area contributed by atoms with Crippen LogP contribution in [-0.4, -0.2) is 34.7 Å². The lowest BCUT2D eigenvalue weighted by atomic mass is 9.99. The quantitative estimate of drug-likeness (QED) is 0.763. The van der Waals surface area contributed by atoms with Gasteiger partial charge in [0.15, 0.2) is 6.61 Å². The van der Waals surface area contributed by atoms with Crippen molar-refractivity contribution >= 4 is 17.9 Å². The molecule has 96 valence electrons. The zero-order valence-electron chi connectivity index (χ0n) is 9.67. The number of aromatic carboxylic acids is 1. The molecule has 0 radical (unpaired) electrons. The number of esters is 1. The molecule has 6 heteroatoms. The molecule has 0 spiro atoms. The summed E-state index contributed by atoms with van der Waals surface area (Å²) in [5, 5.41) is 17.5. The van der Waals surface area contributed by atoms with Gasteiger partial charge in [-0.05, 0) is 18.1 Å². The number of carbonyl (C=O) groups is 3. The summed E-state index contributed by atoms with van der Waals surface area (Å²) in [6, 6.07) is 4.42. The molecule has 1 aromatic rings. The summed E-state index contributed by atoms with van der Waals surface area (Å²) >= 11 is 0. The van der Waals surface area contributed by atoms with Crippen molar-refractivity contribution in [3.05, 3.63) is 34.9 Å². The largest absolute Gasteiger partial charge is 0.479 e. The molecule has 2 N–H and O–H groups in total. The molecule has 0 amide bonds. The number of benzene rings is 1.